The van der Waals surface area contributed by atoms with Crippen LogP contribution in [0.2, 0.25) is 0 Å². The molecule has 1 saturated carbocycles. The van der Waals surface area contributed by atoms with Crippen molar-refractivity contribution in [1.29, 1.82) is 0 Å². The Balaban J connectivity index is 1.51. The van der Waals surface area contributed by atoms with Gasteiger partial charge in [0.25, 0.3) is 0 Å². The summed E-state index contributed by atoms with van der Waals surface area (Å²) in [4.78, 5) is 20.0. The van der Waals surface area contributed by atoms with E-state index < -0.39 is 0 Å². The van der Waals surface area contributed by atoms with E-state index in [1.807, 2.05) is 24.1 Å². The third-order valence-corrected chi connectivity index (χ3v) is 6.15. The first-order valence-electron chi connectivity index (χ1n) is 10.4. The molecule has 0 N–H and O–H groups in total. The van der Waals surface area contributed by atoms with E-state index in [2.05, 4.69) is 26.8 Å². The van der Waals surface area contributed by atoms with Crippen LogP contribution in [0.3, 0.4) is 0 Å². The molecular formula is C20H33N5O2. The van der Waals surface area contributed by atoms with E-state index >= 15 is 0 Å². The van der Waals surface area contributed by atoms with Gasteiger partial charge >= 0.3 is 0 Å². The number of aromatic nitrogens is 2. The second kappa shape index (κ2) is 8.29. The Morgan fingerprint density at radius 3 is 2.78 bits per heavy atom. The number of aryl methyl sites for hydroxylation is 1. The van der Waals surface area contributed by atoms with Crippen molar-refractivity contribution in [3.05, 3.63) is 18.0 Å². The van der Waals surface area contributed by atoms with Gasteiger partial charge in [-0.1, -0.05) is 0 Å². The summed E-state index contributed by atoms with van der Waals surface area (Å²) in [5.74, 6) is 0.893. The van der Waals surface area contributed by atoms with E-state index in [0.717, 1.165) is 38.3 Å². The van der Waals surface area contributed by atoms with Crippen LogP contribution < -0.4 is 0 Å². The monoisotopic (exact) mass is 375 g/mol. The first-order chi connectivity index (χ1) is 13.1. The fourth-order valence-electron chi connectivity index (χ4n) is 4.38. The van der Waals surface area contributed by atoms with Crippen LogP contribution in [0.4, 0.5) is 0 Å². The highest BCUT2D eigenvalue weighted by Crippen LogP contribution is 2.36. The van der Waals surface area contributed by atoms with Crippen molar-refractivity contribution in [2.45, 2.75) is 37.8 Å². The predicted octanol–water partition coefficient (Wildman–Crippen LogP) is 1.13. The maximum absolute atomic E-state index is 13.0. The van der Waals surface area contributed by atoms with Gasteiger partial charge in [-0.25, -0.2) is 0 Å². The number of hydrogen-bond donors (Lipinski definition) is 0. The number of carbonyl (C=O) groups is 1. The fourth-order valence-corrected chi connectivity index (χ4v) is 4.38. The van der Waals surface area contributed by atoms with Crippen LogP contribution in [-0.4, -0.2) is 89.4 Å². The van der Waals surface area contributed by atoms with Crippen molar-refractivity contribution in [2.24, 2.45) is 13.0 Å². The molecule has 150 valence electrons. The van der Waals surface area contributed by atoms with Gasteiger partial charge in [-0.15, -0.1) is 0 Å². The van der Waals surface area contributed by atoms with E-state index in [0.29, 0.717) is 25.5 Å². The maximum atomic E-state index is 13.0. The van der Waals surface area contributed by atoms with Crippen molar-refractivity contribution >= 4 is 5.91 Å². The number of hydrogen-bond acceptors (Lipinski definition) is 5. The molecule has 1 aliphatic carbocycles. The van der Waals surface area contributed by atoms with Crippen molar-refractivity contribution in [3.63, 3.8) is 0 Å². The summed E-state index contributed by atoms with van der Waals surface area (Å²) in [5.41, 5.74) is 1.10. The number of carbonyl (C=O) groups excluding carboxylic acids is 1. The predicted molar refractivity (Wildman–Crippen MR) is 103 cm³/mol. The molecule has 1 aromatic heterocycles. The number of nitrogens with zero attached hydrogens (tertiary/aromatic N) is 5. The summed E-state index contributed by atoms with van der Waals surface area (Å²) in [5, 5.41) is 4.37. The molecule has 0 spiro atoms. The second-order valence-electron chi connectivity index (χ2n) is 8.49. The van der Waals surface area contributed by atoms with Gasteiger partial charge in [-0.3, -0.25) is 14.4 Å². The van der Waals surface area contributed by atoms with Gasteiger partial charge in [0.15, 0.2) is 0 Å². The fraction of sp³-hybridized carbons (Fsp3) is 0.800. The Morgan fingerprint density at radius 2 is 2.04 bits per heavy atom. The zero-order valence-electron chi connectivity index (χ0n) is 16.7. The summed E-state index contributed by atoms with van der Waals surface area (Å²) in [6, 6.07) is -0.0281. The van der Waals surface area contributed by atoms with Crippen LogP contribution in [0, 0.1) is 5.92 Å². The summed E-state index contributed by atoms with van der Waals surface area (Å²) in [7, 11) is 4.13. The Labute approximate surface area is 162 Å². The molecule has 4 rings (SSSR count). The van der Waals surface area contributed by atoms with Crippen molar-refractivity contribution in [1.82, 2.24) is 24.5 Å². The van der Waals surface area contributed by atoms with Gasteiger partial charge in [0, 0.05) is 51.4 Å². The molecule has 3 fully saturated rings. The van der Waals surface area contributed by atoms with Crippen LogP contribution in [-0.2, 0) is 16.6 Å². The van der Waals surface area contributed by atoms with Crippen molar-refractivity contribution in [3.8, 4) is 0 Å². The highest BCUT2D eigenvalue weighted by molar-refractivity contribution is 5.77. The third kappa shape index (κ3) is 4.70. The molecule has 0 bridgehead atoms. The standard InChI is InChI=1S/C20H33N5O2/c1-22-6-3-7-24(9-8-22)15-18-20(17-13-21-23(2)14-17)25(10-11-27-18)19(26)12-16-4-5-16/h13-14,16,18,20H,3-12,15H2,1-2H3/t18-,20-/m0/s1. The first kappa shape index (κ1) is 18.9. The quantitative estimate of drug-likeness (QED) is 0.772. The van der Waals surface area contributed by atoms with E-state index in [9.17, 15) is 4.79 Å². The molecule has 2 atom stereocenters. The molecular weight excluding hydrogens is 342 g/mol. The van der Waals surface area contributed by atoms with Crippen molar-refractivity contribution < 1.29 is 9.53 Å². The normalized spacial score (nSPS) is 28.3. The zero-order chi connectivity index (χ0) is 18.8. The molecule has 7 heteroatoms. The van der Waals surface area contributed by atoms with E-state index in [4.69, 9.17) is 4.74 Å². The molecule has 0 aromatic carbocycles. The zero-order valence-corrected chi connectivity index (χ0v) is 16.7. The second-order valence-corrected chi connectivity index (χ2v) is 8.49. The lowest BCUT2D eigenvalue weighted by Gasteiger charge is -2.42. The number of morpholine rings is 1. The molecule has 0 radical (unpaired) electrons. The maximum Gasteiger partial charge on any atom is 0.223 e. The van der Waals surface area contributed by atoms with Crippen LogP contribution in [0.25, 0.3) is 0 Å². The minimum absolute atomic E-state index is 0.00880. The van der Waals surface area contributed by atoms with Crippen LogP contribution in [0.1, 0.15) is 37.3 Å². The Morgan fingerprint density at radius 1 is 1.19 bits per heavy atom. The molecule has 3 heterocycles. The van der Waals surface area contributed by atoms with Crippen LogP contribution in [0.5, 0.6) is 0 Å². The smallest absolute Gasteiger partial charge is 0.223 e. The number of amides is 1. The molecule has 0 unspecified atom stereocenters. The first-order valence-corrected chi connectivity index (χ1v) is 10.4. The SMILES string of the molecule is CN1CCCN(C[C@@H]2OCCN(C(=O)CC3CC3)[C@H]2c2cnn(C)c2)CC1. The average Bonchev–Trinajstić information content (AvgIpc) is 3.40. The summed E-state index contributed by atoms with van der Waals surface area (Å²) < 4.78 is 8.06. The topological polar surface area (TPSA) is 53.8 Å². The Kier molecular flexibility index (Phi) is 5.80. The highest BCUT2D eigenvalue weighted by Gasteiger charge is 2.39. The molecule has 2 aliphatic heterocycles. The highest BCUT2D eigenvalue weighted by atomic mass is 16.5. The van der Waals surface area contributed by atoms with Gasteiger partial charge in [-0.05, 0) is 45.3 Å². The number of rotatable bonds is 5. The minimum Gasteiger partial charge on any atom is -0.373 e. The van der Waals surface area contributed by atoms with E-state index in [-0.39, 0.29) is 18.1 Å². The average molecular weight is 376 g/mol. The molecule has 7 nitrogen and oxygen atoms in total. The summed E-state index contributed by atoms with van der Waals surface area (Å²) >= 11 is 0. The third-order valence-electron chi connectivity index (χ3n) is 6.15. The minimum atomic E-state index is -0.0281. The number of ether oxygens (including phenoxy) is 1. The molecule has 27 heavy (non-hydrogen) atoms. The van der Waals surface area contributed by atoms with E-state index in [1.54, 1.807) is 0 Å². The van der Waals surface area contributed by atoms with Gasteiger partial charge in [0.2, 0.25) is 5.91 Å². The summed E-state index contributed by atoms with van der Waals surface area (Å²) in [6.45, 7) is 6.59. The Bertz CT molecular complexity index is 644. The molecule has 2 saturated heterocycles. The van der Waals surface area contributed by atoms with Gasteiger partial charge in [0.05, 0.1) is 24.9 Å². The molecule has 1 amide bonds. The number of likely N-dealkylation sites (N-methyl/N-ethyl adjacent to an activating group) is 1. The lowest BCUT2D eigenvalue weighted by molar-refractivity contribution is -0.148. The lowest BCUT2D eigenvalue weighted by atomic mass is 9.99. The van der Waals surface area contributed by atoms with Gasteiger partial charge in [0.1, 0.15) is 0 Å². The largest absolute Gasteiger partial charge is 0.373 e. The molecule has 3 aliphatic rings. The van der Waals surface area contributed by atoms with Gasteiger partial charge in [-0.2, -0.15) is 5.10 Å². The van der Waals surface area contributed by atoms with E-state index in [1.165, 1.54) is 19.3 Å². The van der Waals surface area contributed by atoms with Gasteiger partial charge < -0.3 is 14.5 Å². The van der Waals surface area contributed by atoms with Crippen LogP contribution >= 0.6 is 0 Å². The molecule has 1 aromatic rings. The van der Waals surface area contributed by atoms with Crippen LogP contribution in [0.15, 0.2) is 12.4 Å². The van der Waals surface area contributed by atoms with Crippen molar-refractivity contribution in [2.75, 3.05) is 52.9 Å². The summed E-state index contributed by atoms with van der Waals surface area (Å²) in [6.07, 6.45) is 8.24. The lowest BCUT2D eigenvalue weighted by Crippen LogP contribution is -2.52. The Hall–Kier alpha value is -1.44.